The lowest BCUT2D eigenvalue weighted by molar-refractivity contribution is 0.273. The number of sulfonamides is 1. The van der Waals surface area contributed by atoms with Crippen LogP contribution in [-0.4, -0.2) is 28.5 Å². The Morgan fingerprint density at radius 3 is 2.06 bits per heavy atom. The van der Waals surface area contributed by atoms with E-state index in [4.69, 9.17) is 15.4 Å². The van der Waals surface area contributed by atoms with Crippen LogP contribution in [0, 0.1) is 0 Å². The van der Waals surface area contributed by atoms with E-state index in [9.17, 15) is 8.42 Å². The summed E-state index contributed by atoms with van der Waals surface area (Å²) in [5.41, 5.74) is 8.88. The van der Waals surface area contributed by atoms with E-state index in [1.807, 2.05) is 12.1 Å². The van der Waals surface area contributed by atoms with Gasteiger partial charge in [-0.15, -0.1) is 0 Å². The molecule has 1 fully saturated rings. The molecular weight excluding hydrogens is 428 g/mol. The summed E-state index contributed by atoms with van der Waals surface area (Å²) in [6.07, 6.45) is 6.30. The summed E-state index contributed by atoms with van der Waals surface area (Å²) >= 11 is 0. The Kier molecular flexibility index (Phi) is 4.75. The monoisotopic (exact) mass is 448 g/mol. The maximum absolute atomic E-state index is 11.5. The number of rotatable bonds is 5. The van der Waals surface area contributed by atoms with Gasteiger partial charge in [0.05, 0.1) is 10.3 Å². The molecule has 2 aromatic carbocycles. The fraction of sp³-hybridized carbons (Fsp3) is 0.182. The molecule has 0 amide bonds. The summed E-state index contributed by atoms with van der Waals surface area (Å²) in [5, 5.41) is 9.42. The summed E-state index contributed by atoms with van der Waals surface area (Å²) in [6, 6.07) is 14.3. The SMILES string of the molecule is Nc1ncc(-c2ccc(C3(c4noc(-c5ccc(S(N)(=O)=O)cc5)n4)CCC3)cc2)cn1. The summed E-state index contributed by atoms with van der Waals surface area (Å²) in [4.78, 5) is 12.8. The van der Waals surface area contributed by atoms with E-state index >= 15 is 0 Å². The number of nitrogens with zero attached hydrogens (tertiary/aromatic N) is 4. The second-order valence-corrected chi connectivity index (χ2v) is 9.40. The standard InChI is InChI=1S/C22H20N6O3S/c23-21-25-12-16(13-26-21)14-2-6-17(7-3-14)22(10-1-11-22)20-27-19(31-28-20)15-4-8-18(9-5-15)32(24,29)30/h2-9,12-13H,1,10-11H2,(H2,23,25,26)(H2,24,29,30). The molecule has 0 bridgehead atoms. The normalized spacial score (nSPS) is 15.3. The highest BCUT2D eigenvalue weighted by Crippen LogP contribution is 2.48. The van der Waals surface area contributed by atoms with Crippen molar-refractivity contribution in [1.82, 2.24) is 20.1 Å². The molecule has 10 heteroatoms. The number of nitrogen functional groups attached to an aromatic ring is 1. The van der Waals surface area contributed by atoms with Crippen molar-refractivity contribution in [3.63, 3.8) is 0 Å². The molecule has 0 spiro atoms. The highest BCUT2D eigenvalue weighted by molar-refractivity contribution is 7.89. The van der Waals surface area contributed by atoms with Crippen molar-refractivity contribution in [2.24, 2.45) is 5.14 Å². The third-order valence-electron chi connectivity index (χ3n) is 5.93. The van der Waals surface area contributed by atoms with Crippen molar-refractivity contribution in [3.8, 4) is 22.6 Å². The van der Waals surface area contributed by atoms with Gasteiger partial charge in [-0.2, -0.15) is 4.98 Å². The molecule has 162 valence electrons. The second kappa shape index (κ2) is 7.50. The molecule has 1 aliphatic carbocycles. The largest absolute Gasteiger partial charge is 0.368 e. The molecule has 4 aromatic rings. The predicted octanol–water partition coefficient (Wildman–Crippen LogP) is 2.89. The molecule has 2 aromatic heterocycles. The van der Waals surface area contributed by atoms with E-state index in [1.54, 1.807) is 24.5 Å². The molecular formula is C22H20N6O3S. The van der Waals surface area contributed by atoms with Crippen LogP contribution in [0.1, 0.15) is 30.7 Å². The van der Waals surface area contributed by atoms with Gasteiger partial charge in [-0.25, -0.2) is 23.5 Å². The van der Waals surface area contributed by atoms with E-state index in [-0.39, 0.29) is 16.3 Å². The minimum absolute atomic E-state index is 0.0306. The van der Waals surface area contributed by atoms with E-state index in [2.05, 4.69) is 32.2 Å². The first-order valence-corrected chi connectivity index (χ1v) is 11.6. The Balaban J connectivity index is 1.44. The van der Waals surface area contributed by atoms with Gasteiger partial charge >= 0.3 is 0 Å². The second-order valence-electron chi connectivity index (χ2n) is 7.84. The van der Waals surface area contributed by atoms with Crippen LogP contribution >= 0.6 is 0 Å². The molecule has 0 saturated heterocycles. The number of hydrogen-bond acceptors (Lipinski definition) is 8. The third kappa shape index (κ3) is 3.53. The van der Waals surface area contributed by atoms with Gasteiger partial charge in [0.2, 0.25) is 16.0 Å². The van der Waals surface area contributed by atoms with Crippen LogP contribution in [-0.2, 0) is 15.4 Å². The smallest absolute Gasteiger partial charge is 0.257 e. The molecule has 0 radical (unpaired) electrons. The molecule has 0 atom stereocenters. The van der Waals surface area contributed by atoms with Crippen molar-refractivity contribution < 1.29 is 12.9 Å². The van der Waals surface area contributed by atoms with Crippen molar-refractivity contribution in [1.29, 1.82) is 0 Å². The van der Waals surface area contributed by atoms with Crippen LogP contribution in [0.25, 0.3) is 22.6 Å². The number of nitrogens with two attached hydrogens (primary N) is 2. The van der Waals surface area contributed by atoms with Gasteiger partial charge < -0.3 is 10.3 Å². The average molecular weight is 449 g/mol. The van der Waals surface area contributed by atoms with Crippen molar-refractivity contribution >= 4 is 16.0 Å². The lowest BCUT2D eigenvalue weighted by Crippen LogP contribution is -2.36. The Hall–Kier alpha value is -3.63. The molecule has 0 aliphatic heterocycles. The Morgan fingerprint density at radius 1 is 0.875 bits per heavy atom. The van der Waals surface area contributed by atoms with Gasteiger partial charge in [-0.05, 0) is 48.2 Å². The van der Waals surface area contributed by atoms with E-state index in [0.29, 0.717) is 17.3 Å². The zero-order valence-electron chi connectivity index (χ0n) is 17.0. The lowest BCUT2D eigenvalue weighted by atomic mass is 9.64. The molecule has 2 heterocycles. The number of aromatic nitrogens is 4. The van der Waals surface area contributed by atoms with Gasteiger partial charge in [0.15, 0.2) is 5.82 Å². The van der Waals surface area contributed by atoms with Gasteiger partial charge in [0.1, 0.15) is 0 Å². The highest BCUT2D eigenvalue weighted by atomic mass is 32.2. The zero-order chi connectivity index (χ0) is 22.3. The number of primary sulfonamides is 1. The summed E-state index contributed by atoms with van der Waals surface area (Å²) in [6.45, 7) is 0. The molecule has 5 rings (SSSR count). The first-order chi connectivity index (χ1) is 15.3. The maximum Gasteiger partial charge on any atom is 0.257 e. The first-order valence-electron chi connectivity index (χ1n) is 10.0. The fourth-order valence-corrected chi connectivity index (χ4v) is 4.48. The van der Waals surface area contributed by atoms with Gasteiger partial charge in [-0.3, -0.25) is 0 Å². The van der Waals surface area contributed by atoms with Crippen molar-refractivity contribution in [3.05, 3.63) is 72.3 Å². The summed E-state index contributed by atoms with van der Waals surface area (Å²) in [7, 11) is -3.76. The summed E-state index contributed by atoms with van der Waals surface area (Å²) in [5.74, 6) is 1.20. The topological polar surface area (TPSA) is 151 Å². The number of anilines is 1. The molecule has 32 heavy (non-hydrogen) atoms. The van der Waals surface area contributed by atoms with Gasteiger partial charge in [0.25, 0.3) is 5.89 Å². The van der Waals surface area contributed by atoms with Crippen molar-refractivity contribution in [2.75, 3.05) is 5.73 Å². The van der Waals surface area contributed by atoms with Crippen LogP contribution < -0.4 is 10.9 Å². The maximum atomic E-state index is 11.5. The Morgan fingerprint density at radius 2 is 1.50 bits per heavy atom. The molecule has 1 saturated carbocycles. The van der Waals surface area contributed by atoms with Crippen LogP contribution in [0.4, 0.5) is 5.95 Å². The molecule has 1 aliphatic rings. The first kappa shape index (κ1) is 20.3. The highest BCUT2D eigenvalue weighted by Gasteiger charge is 2.44. The zero-order valence-corrected chi connectivity index (χ0v) is 17.8. The van der Waals surface area contributed by atoms with Crippen molar-refractivity contribution in [2.45, 2.75) is 29.6 Å². The average Bonchev–Trinajstić information content (AvgIpc) is 3.24. The van der Waals surface area contributed by atoms with Crippen LogP contribution in [0.3, 0.4) is 0 Å². The molecule has 4 N–H and O–H groups in total. The van der Waals surface area contributed by atoms with E-state index in [1.165, 1.54) is 12.1 Å². The van der Waals surface area contributed by atoms with Gasteiger partial charge in [0, 0.05) is 23.5 Å². The van der Waals surface area contributed by atoms with E-state index in [0.717, 1.165) is 36.0 Å². The van der Waals surface area contributed by atoms with Crippen LogP contribution in [0.2, 0.25) is 0 Å². The minimum Gasteiger partial charge on any atom is -0.368 e. The van der Waals surface area contributed by atoms with Crippen LogP contribution in [0.15, 0.2) is 70.3 Å². The Bertz CT molecular complexity index is 1360. The third-order valence-corrected chi connectivity index (χ3v) is 6.86. The van der Waals surface area contributed by atoms with E-state index < -0.39 is 10.0 Å². The number of benzene rings is 2. The van der Waals surface area contributed by atoms with Crippen LogP contribution in [0.5, 0.6) is 0 Å². The predicted molar refractivity (Wildman–Crippen MR) is 118 cm³/mol. The summed E-state index contributed by atoms with van der Waals surface area (Å²) < 4.78 is 28.4. The quantitative estimate of drug-likeness (QED) is 0.473. The minimum atomic E-state index is -3.76. The fourth-order valence-electron chi connectivity index (χ4n) is 3.96. The number of hydrogen-bond donors (Lipinski definition) is 2. The van der Waals surface area contributed by atoms with Gasteiger partial charge in [-0.1, -0.05) is 35.8 Å². The molecule has 9 nitrogen and oxygen atoms in total. The Labute approximate surface area is 184 Å². The lowest BCUT2D eigenvalue weighted by Gasteiger charge is -2.39. The molecule has 0 unspecified atom stereocenters.